The van der Waals surface area contributed by atoms with E-state index < -0.39 is 0 Å². The molecule has 0 radical (unpaired) electrons. The zero-order valence-corrected chi connectivity index (χ0v) is 13.9. The van der Waals surface area contributed by atoms with Crippen molar-refractivity contribution in [2.24, 2.45) is 5.92 Å². The van der Waals surface area contributed by atoms with Crippen molar-refractivity contribution in [1.82, 2.24) is 4.90 Å². The van der Waals surface area contributed by atoms with Crippen LogP contribution in [-0.4, -0.2) is 23.3 Å². The highest BCUT2D eigenvalue weighted by Gasteiger charge is 2.34. The highest BCUT2D eigenvalue weighted by atomic mass is 16.2. The summed E-state index contributed by atoms with van der Waals surface area (Å²) < 4.78 is 0. The molecule has 2 aromatic rings. The maximum Gasteiger partial charge on any atom is 0.229 e. The molecule has 4 heteroatoms. The number of anilines is 1. The summed E-state index contributed by atoms with van der Waals surface area (Å²) in [5.74, 6) is -0.324. The van der Waals surface area contributed by atoms with E-state index in [1.54, 1.807) is 4.90 Å². The molecule has 0 saturated carbocycles. The molecule has 124 valence electrons. The lowest BCUT2D eigenvalue weighted by molar-refractivity contribution is -0.128. The molecule has 1 saturated heterocycles. The molecule has 24 heavy (non-hydrogen) atoms. The largest absolute Gasteiger partial charge is 0.338 e. The van der Waals surface area contributed by atoms with Crippen LogP contribution in [0.4, 0.5) is 5.69 Å². The van der Waals surface area contributed by atoms with Crippen LogP contribution in [0.2, 0.25) is 0 Å². The van der Waals surface area contributed by atoms with Crippen molar-refractivity contribution in [1.29, 1.82) is 0 Å². The third kappa shape index (κ3) is 3.82. The topological polar surface area (TPSA) is 49.4 Å². The number of carbonyl (C=O) groups excluding carboxylic acids is 2. The Bertz CT molecular complexity index is 710. The van der Waals surface area contributed by atoms with E-state index in [-0.39, 0.29) is 24.2 Å². The standard InChI is InChI=1S/C20H22N2O2/c1-2-15-8-10-18(11-9-15)21-20(24)17-12-19(23)22(14-17)13-16-6-4-3-5-7-16/h3-11,17H,2,12-14H2,1H3,(H,21,24). The zero-order chi connectivity index (χ0) is 16.9. The van der Waals surface area contributed by atoms with Gasteiger partial charge in [-0.1, -0.05) is 49.4 Å². The van der Waals surface area contributed by atoms with Gasteiger partial charge in [0.2, 0.25) is 11.8 Å². The molecule has 3 rings (SSSR count). The minimum atomic E-state index is -0.285. The number of aryl methyl sites for hydroxylation is 1. The Kier molecular flexibility index (Phi) is 4.94. The van der Waals surface area contributed by atoms with Crippen molar-refractivity contribution >= 4 is 17.5 Å². The van der Waals surface area contributed by atoms with E-state index >= 15 is 0 Å². The van der Waals surface area contributed by atoms with Gasteiger partial charge in [0, 0.05) is 25.2 Å². The normalized spacial score (nSPS) is 17.1. The lowest BCUT2D eigenvalue weighted by Gasteiger charge is -2.16. The first kappa shape index (κ1) is 16.2. The number of carbonyl (C=O) groups is 2. The molecule has 1 N–H and O–H groups in total. The Morgan fingerprint density at radius 1 is 1.08 bits per heavy atom. The third-order valence-electron chi connectivity index (χ3n) is 4.43. The van der Waals surface area contributed by atoms with E-state index in [2.05, 4.69) is 12.2 Å². The molecule has 1 unspecified atom stereocenters. The van der Waals surface area contributed by atoms with Gasteiger partial charge in [0.25, 0.3) is 0 Å². The van der Waals surface area contributed by atoms with Gasteiger partial charge in [-0.15, -0.1) is 0 Å². The maximum atomic E-state index is 12.4. The molecule has 0 aromatic heterocycles. The van der Waals surface area contributed by atoms with Crippen molar-refractivity contribution in [3.8, 4) is 0 Å². The van der Waals surface area contributed by atoms with Gasteiger partial charge in [-0.2, -0.15) is 0 Å². The quantitative estimate of drug-likeness (QED) is 0.919. The number of nitrogens with zero attached hydrogens (tertiary/aromatic N) is 1. The molecule has 4 nitrogen and oxygen atoms in total. The van der Waals surface area contributed by atoms with Crippen LogP contribution in [0.5, 0.6) is 0 Å². The Hall–Kier alpha value is -2.62. The summed E-state index contributed by atoms with van der Waals surface area (Å²) in [6.45, 7) is 3.14. The van der Waals surface area contributed by atoms with E-state index in [4.69, 9.17) is 0 Å². The molecule has 2 aromatic carbocycles. The van der Waals surface area contributed by atoms with Gasteiger partial charge in [-0.3, -0.25) is 9.59 Å². The molecule has 2 amide bonds. The highest BCUT2D eigenvalue weighted by Crippen LogP contribution is 2.22. The summed E-state index contributed by atoms with van der Waals surface area (Å²) >= 11 is 0. The molecule has 0 aliphatic carbocycles. The lowest BCUT2D eigenvalue weighted by atomic mass is 10.1. The molecule has 1 aliphatic heterocycles. The number of rotatable bonds is 5. The second kappa shape index (κ2) is 7.30. The number of hydrogen-bond acceptors (Lipinski definition) is 2. The minimum absolute atomic E-state index is 0.0420. The molecule has 1 fully saturated rings. The van der Waals surface area contributed by atoms with Crippen LogP contribution in [0.25, 0.3) is 0 Å². The second-order valence-electron chi connectivity index (χ2n) is 6.20. The first-order chi connectivity index (χ1) is 11.7. The van der Waals surface area contributed by atoms with Crippen LogP contribution in [0.3, 0.4) is 0 Å². The summed E-state index contributed by atoms with van der Waals surface area (Å²) in [7, 11) is 0. The zero-order valence-electron chi connectivity index (χ0n) is 13.9. The van der Waals surface area contributed by atoms with Crippen molar-refractivity contribution < 1.29 is 9.59 Å². The van der Waals surface area contributed by atoms with E-state index in [9.17, 15) is 9.59 Å². The summed E-state index contributed by atoms with van der Waals surface area (Å²) in [5.41, 5.74) is 3.10. The van der Waals surface area contributed by atoms with Crippen molar-refractivity contribution in [2.75, 3.05) is 11.9 Å². The van der Waals surface area contributed by atoms with E-state index in [0.29, 0.717) is 13.1 Å². The Morgan fingerprint density at radius 3 is 2.46 bits per heavy atom. The average molecular weight is 322 g/mol. The molecule has 1 atom stereocenters. The number of hydrogen-bond donors (Lipinski definition) is 1. The average Bonchev–Trinajstić information content (AvgIpc) is 2.97. The predicted molar refractivity (Wildman–Crippen MR) is 94.4 cm³/mol. The molecular formula is C20H22N2O2. The first-order valence-electron chi connectivity index (χ1n) is 8.37. The third-order valence-corrected chi connectivity index (χ3v) is 4.43. The number of amides is 2. The molecular weight excluding hydrogens is 300 g/mol. The fourth-order valence-electron chi connectivity index (χ4n) is 2.97. The maximum absolute atomic E-state index is 12.4. The van der Waals surface area contributed by atoms with E-state index in [1.807, 2.05) is 54.6 Å². The Balaban J connectivity index is 1.59. The van der Waals surface area contributed by atoms with Gasteiger partial charge in [0.15, 0.2) is 0 Å². The first-order valence-corrected chi connectivity index (χ1v) is 8.37. The van der Waals surface area contributed by atoms with Crippen LogP contribution < -0.4 is 5.32 Å². The van der Waals surface area contributed by atoms with Crippen LogP contribution >= 0.6 is 0 Å². The van der Waals surface area contributed by atoms with Gasteiger partial charge < -0.3 is 10.2 Å². The monoisotopic (exact) mass is 322 g/mol. The van der Waals surface area contributed by atoms with Crippen molar-refractivity contribution in [2.45, 2.75) is 26.3 Å². The molecule has 1 aliphatic rings. The van der Waals surface area contributed by atoms with Crippen LogP contribution in [0.15, 0.2) is 54.6 Å². The summed E-state index contributed by atoms with van der Waals surface area (Å²) in [4.78, 5) is 26.4. The molecule has 0 bridgehead atoms. The SMILES string of the molecule is CCc1ccc(NC(=O)C2CC(=O)N(Cc3ccccc3)C2)cc1. The fourth-order valence-corrected chi connectivity index (χ4v) is 2.97. The number of likely N-dealkylation sites (tertiary alicyclic amines) is 1. The van der Waals surface area contributed by atoms with Crippen molar-refractivity contribution in [3.05, 3.63) is 65.7 Å². The van der Waals surface area contributed by atoms with Crippen LogP contribution in [-0.2, 0) is 22.6 Å². The van der Waals surface area contributed by atoms with Crippen LogP contribution in [0, 0.1) is 5.92 Å². The smallest absolute Gasteiger partial charge is 0.229 e. The second-order valence-corrected chi connectivity index (χ2v) is 6.20. The van der Waals surface area contributed by atoms with E-state index in [0.717, 1.165) is 17.7 Å². The minimum Gasteiger partial charge on any atom is -0.338 e. The Labute approximate surface area is 142 Å². The van der Waals surface area contributed by atoms with E-state index in [1.165, 1.54) is 5.56 Å². The van der Waals surface area contributed by atoms with Gasteiger partial charge >= 0.3 is 0 Å². The fraction of sp³-hybridized carbons (Fsp3) is 0.300. The number of benzene rings is 2. The van der Waals surface area contributed by atoms with Gasteiger partial charge in [0.05, 0.1) is 5.92 Å². The highest BCUT2D eigenvalue weighted by molar-refractivity contribution is 5.97. The summed E-state index contributed by atoms with van der Waals surface area (Å²) in [6.07, 6.45) is 1.26. The van der Waals surface area contributed by atoms with Gasteiger partial charge in [0.1, 0.15) is 0 Å². The molecule has 0 spiro atoms. The summed E-state index contributed by atoms with van der Waals surface area (Å²) in [5, 5.41) is 2.92. The van der Waals surface area contributed by atoms with Gasteiger partial charge in [-0.25, -0.2) is 0 Å². The Morgan fingerprint density at radius 2 is 1.79 bits per heavy atom. The van der Waals surface area contributed by atoms with Crippen molar-refractivity contribution in [3.63, 3.8) is 0 Å². The lowest BCUT2D eigenvalue weighted by Crippen LogP contribution is -2.28. The van der Waals surface area contributed by atoms with Gasteiger partial charge in [-0.05, 0) is 29.7 Å². The van der Waals surface area contributed by atoms with Crippen LogP contribution in [0.1, 0.15) is 24.5 Å². The predicted octanol–water partition coefficient (Wildman–Crippen LogP) is 3.24. The number of nitrogens with one attached hydrogen (secondary N) is 1. The summed E-state index contributed by atoms with van der Waals surface area (Å²) in [6, 6.07) is 17.7. The molecule has 1 heterocycles.